The van der Waals surface area contributed by atoms with E-state index < -0.39 is 22.9 Å². The van der Waals surface area contributed by atoms with Gasteiger partial charge in [0.05, 0.1) is 10.9 Å². The molecule has 0 amide bonds. The van der Waals surface area contributed by atoms with Crippen LogP contribution in [0.3, 0.4) is 0 Å². The zero-order valence-corrected chi connectivity index (χ0v) is 9.06. The first kappa shape index (κ1) is 12.8. The van der Waals surface area contributed by atoms with Crippen LogP contribution in [-0.2, 0) is 6.18 Å². The fraction of sp³-hybridized carbons (Fsp3) is 0.300. The van der Waals surface area contributed by atoms with Gasteiger partial charge in [0, 0.05) is 11.3 Å². The number of nitrogens with two attached hydrogens (primary N) is 1. The zero-order valence-electron chi connectivity index (χ0n) is 8.31. The van der Waals surface area contributed by atoms with Crippen LogP contribution in [0.15, 0.2) is 18.2 Å². The van der Waals surface area contributed by atoms with Crippen molar-refractivity contribution in [1.82, 2.24) is 0 Å². The van der Waals surface area contributed by atoms with Crippen molar-refractivity contribution in [2.24, 2.45) is 0 Å². The van der Waals surface area contributed by atoms with E-state index in [-0.39, 0.29) is 11.3 Å². The largest absolute Gasteiger partial charge is 0.416 e. The molecule has 16 heavy (non-hydrogen) atoms. The topological polar surface area (TPSA) is 43.1 Å². The third-order valence-corrected chi connectivity index (χ3v) is 2.13. The van der Waals surface area contributed by atoms with Crippen molar-refractivity contribution in [3.05, 3.63) is 29.3 Å². The molecule has 2 N–H and O–H groups in total. The molecule has 1 aromatic rings. The average molecular weight is 252 g/mol. The Morgan fingerprint density at radius 3 is 2.38 bits per heavy atom. The van der Waals surface area contributed by atoms with Crippen LogP contribution in [0.1, 0.15) is 22.8 Å². The van der Waals surface area contributed by atoms with Crippen molar-refractivity contribution in [2.45, 2.75) is 18.5 Å². The van der Waals surface area contributed by atoms with Gasteiger partial charge < -0.3 is 5.73 Å². The van der Waals surface area contributed by atoms with Crippen molar-refractivity contribution in [2.75, 3.05) is 5.73 Å². The van der Waals surface area contributed by atoms with Gasteiger partial charge in [-0.25, -0.2) is 0 Å². The summed E-state index contributed by atoms with van der Waals surface area (Å²) in [6.07, 6.45) is -4.53. The molecule has 0 saturated carbocycles. The summed E-state index contributed by atoms with van der Waals surface area (Å²) in [5.74, 6) is -0.584. The molecule has 0 bridgehead atoms. The highest BCUT2D eigenvalue weighted by Gasteiger charge is 2.31. The van der Waals surface area contributed by atoms with Gasteiger partial charge >= 0.3 is 6.18 Å². The summed E-state index contributed by atoms with van der Waals surface area (Å²) in [6.45, 7) is 1.39. The predicted octanol–water partition coefficient (Wildman–Crippen LogP) is 3.10. The second-order valence-corrected chi connectivity index (χ2v) is 3.98. The van der Waals surface area contributed by atoms with Crippen molar-refractivity contribution < 1.29 is 18.0 Å². The highest BCUT2D eigenvalue weighted by Crippen LogP contribution is 2.31. The minimum atomic E-state index is -4.53. The van der Waals surface area contributed by atoms with E-state index >= 15 is 0 Å². The molecule has 88 valence electrons. The molecule has 0 fully saturated rings. The normalized spacial score (nSPS) is 13.6. The van der Waals surface area contributed by atoms with E-state index in [0.717, 1.165) is 12.1 Å². The van der Waals surface area contributed by atoms with E-state index in [4.69, 9.17) is 17.3 Å². The zero-order chi connectivity index (χ0) is 12.5. The predicted molar refractivity (Wildman–Crippen MR) is 55.5 cm³/mol. The number of alkyl halides is 4. The molecule has 0 spiro atoms. The summed E-state index contributed by atoms with van der Waals surface area (Å²) < 4.78 is 37.2. The number of Topliss-reactive ketones (excluding diaryl/α,β-unsaturated/α-hetero) is 1. The molecular formula is C10H9ClF3NO. The Balaban J connectivity index is 3.24. The van der Waals surface area contributed by atoms with E-state index in [1.807, 2.05) is 0 Å². The number of hydrogen-bond donors (Lipinski definition) is 1. The fourth-order valence-electron chi connectivity index (χ4n) is 1.19. The minimum absolute atomic E-state index is 0.115. The summed E-state index contributed by atoms with van der Waals surface area (Å²) >= 11 is 5.51. The van der Waals surface area contributed by atoms with Gasteiger partial charge in [0.25, 0.3) is 0 Å². The SMILES string of the molecule is CC(Cl)C(=O)c1cc(N)cc(C(F)(F)F)c1. The van der Waals surface area contributed by atoms with Crippen LogP contribution < -0.4 is 5.73 Å². The number of ketones is 1. The molecule has 0 saturated heterocycles. The number of carbonyl (C=O) groups excluding carboxylic acids is 1. The third-order valence-electron chi connectivity index (χ3n) is 1.93. The molecule has 1 rings (SSSR count). The van der Waals surface area contributed by atoms with Crippen LogP contribution in [0.5, 0.6) is 0 Å². The van der Waals surface area contributed by atoms with Gasteiger partial charge in [0.15, 0.2) is 5.78 Å². The first-order chi connectivity index (χ1) is 7.21. The van der Waals surface area contributed by atoms with Crippen LogP contribution in [0.25, 0.3) is 0 Å². The van der Waals surface area contributed by atoms with E-state index in [1.54, 1.807) is 0 Å². The first-order valence-corrected chi connectivity index (χ1v) is 4.81. The highest BCUT2D eigenvalue weighted by molar-refractivity contribution is 6.33. The summed E-state index contributed by atoms with van der Waals surface area (Å²) in [5, 5.41) is -0.886. The van der Waals surface area contributed by atoms with E-state index in [9.17, 15) is 18.0 Å². The molecule has 0 aromatic heterocycles. The molecule has 0 aliphatic heterocycles. The second kappa shape index (κ2) is 4.33. The van der Waals surface area contributed by atoms with Crippen LogP contribution in [0.2, 0.25) is 0 Å². The Morgan fingerprint density at radius 1 is 1.38 bits per heavy atom. The van der Waals surface area contributed by atoms with Gasteiger partial charge in [-0.3, -0.25) is 4.79 Å². The van der Waals surface area contributed by atoms with E-state index in [0.29, 0.717) is 0 Å². The van der Waals surface area contributed by atoms with Crippen LogP contribution in [0.4, 0.5) is 18.9 Å². The minimum Gasteiger partial charge on any atom is -0.399 e. The average Bonchev–Trinajstić information content (AvgIpc) is 2.14. The van der Waals surface area contributed by atoms with Crippen molar-refractivity contribution in [3.63, 3.8) is 0 Å². The molecule has 1 atom stereocenters. The van der Waals surface area contributed by atoms with Gasteiger partial charge in [0.1, 0.15) is 0 Å². The van der Waals surface area contributed by atoms with Gasteiger partial charge in [-0.05, 0) is 25.1 Å². The summed E-state index contributed by atoms with van der Waals surface area (Å²) in [6, 6.07) is 2.70. The number of nitrogen functional groups attached to an aromatic ring is 1. The number of carbonyl (C=O) groups is 1. The Kier molecular flexibility index (Phi) is 3.48. The maximum atomic E-state index is 12.4. The lowest BCUT2D eigenvalue weighted by atomic mass is 10.0. The molecule has 2 nitrogen and oxygen atoms in total. The Bertz CT molecular complexity index is 415. The molecule has 1 aromatic carbocycles. The van der Waals surface area contributed by atoms with Crippen LogP contribution in [0, 0.1) is 0 Å². The lowest BCUT2D eigenvalue weighted by Gasteiger charge is -2.10. The third kappa shape index (κ3) is 2.88. The highest BCUT2D eigenvalue weighted by atomic mass is 35.5. The molecular weight excluding hydrogens is 243 g/mol. The summed E-state index contributed by atoms with van der Waals surface area (Å²) in [5.41, 5.74) is 4.10. The standard InChI is InChI=1S/C10H9ClF3NO/c1-5(11)9(16)6-2-7(10(12,13)14)4-8(15)3-6/h2-5H,15H2,1H3. The van der Waals surface area contributed by atoms with Crippen LogP contribution in [-0.4, -0.2) is 11.2 Å². The maximum absolute atomic E-state index is 12.4. The number of anilines is 1. The second-order valence-electron chi connectivity index (χ2n) is 3.32. The lowest BCUT2D eigenvalue weighted by molar-refractivity contribution is -0.137. The van der Waals surface area contributed by atoms with Gasteiger partial charge in [-0.1, -0.05) is 0 Å². The van der Waals surface area contributed by atoms with Crippen LogP contribution >= 0.6 is 11.6 Å². The fourth-order valence-corrected chi connectivity index (χ4v) is 1.31. The van der Waals surface area contributed by atoms with Gasteiger partial charge in [-0.15, -0.1) is 11.6 Å². The Hall–Kier alpha value is -1.23. The van der Waals surface area contributed by atoms with E-state index in [2.05, 4.69) is 0 Å². The molecule has 1 unspecified atom stereocenters. The smallest absolute Gasteiger partial charge is 0.399 e. The van der Waals surface area contributed by atoms with Crippen molar-refractivity contribution in [3.8, 4) is 0 Å². The number of hydrogen-bond acceptors (Lipinski definition) is 2. The Morgan fingerprint density at radius 2 is 1.94 bits per heavy atom. The molecule has 0 heterocycles. The number of benzene rings is 1. The van der Waals surface area contributed by atoms with Gasteiger partial charge in [0.2, 0.25) is 0 Å². The lowest BCUT2D eigenvalue weighted by Crippen LogP contribution is -2.13. The van der Waals surface area contributed by atoms with E-state index in [1.165, 1.54) is 13.0 Å². The van der Waals surface area contributed by atoms with Crippen molar-refractivity contribution >= 4 is 23.1 Å². The van der Waals surface area contributed by atoms with Crippen molar-refractivity contribution in [1.29, 1.82) is 0 Å². The Labute approximate surface area is 95.2 Å². The number of halogens is 4. The monoisotopic (exact) mass is 251 g/mol. The quantitative estimate of drug-likeness (QED) is 0.499. The summed E-state index contributed by atoms with van der Waals surface area (Å²) in [4.78, 5) is 11.4. The maximum Gasteiger partial charge on any atom is 0.416 e. The molecule has 0 radical (unpaired) electrons. The number of rotatable bonds is 2. The molecule has 0 aliphatic carbocycles. The van der Waals surface area contributed by atoms with Gasteiger partial charge in [-0.2, -0.15) is 13.2 Å². The summed E-state index contributed by atoms with van der Waals surface area (Å²) in [7, 11) is 0. The first-order valence-electron chi connectivity index (χ1n) is 4.38. The molecule has 0 aliphatic rings. The molecule has 6 heteroatoms.